The summed E-state index contributed by atoms with van der Waals surface area (Å²) in [5.41, 5.74) is 0. The van der Waals surface area contributed by atoms with Crippen molar-refractivity contribution in [2.75, 3.05) is 6.54 Å². The largest absolute Gasteiger partial charge is 0.314 e. The fraction of sp³-hybridized carbons (Fsp3) is 1.00. The summed E-state index contributed by atoms with van der Waals surface area (Å²) in [5, 5.41) is 3.88. The average molecular weight is 251 g/mol. The Hall–Kier alpha value is -0.0400. The minimum Gasteiger partial charge on any atom is -0.314 e. The van der Waals surface area contributed by atoms with Gasteiger partial charge in [-0.3, -0.25) is 0 Å². The van der Waals surface area contributed by atoms with Gasteiger partial charge in [-0.25, -0.2) is 0 Å². The molecule has 2 aliphatic rings. The highest BCUT2D eigenvalue weighted by molar-refractivity contribution is 4.77. The van der Waals surface area contributed by atoms with Gasteiger partial charge in [0.25, 0.3) is 0 Å². The van der Waals surface area contributed by atoms with E-state index in [0.717, 1.165) is 17.9 Å². The van der Waals surface area contributed by atoms with Gasteiger partial charge >= 0.3 is 0 Å². The lowest BCUT2D eigenvalue weighted by Gasteiger charge is -2.26. The summed E-state index contributed by atoms with van der Waals surface area (Å²) in [6, 6.07) is 0.756. The van der Waals surface area contributed by atoms with Crippen molar-refractivity contribution in [3.05, 3.63) is 0 Å². The van der Waals surface area contributed by atoms with Crippen LogP contribution in [0, 0.1) is 11.8 Å². The van der Waals surface area contributed by atoms with Gasteiger partial charge < -0.3 is 5.32 Å². The highest BCUT2D eigenvalue weighted by atomic mass is 14.9. The van der Waals surface area contributed by atoms with Crippen LogP contribution in [0.1, 0.15) is 84.0 Å². The molecule has 2 rings (SSSR count). The van der Waals surface area contributed by atoms with Crippen LogP contribution in [0.5, 0.6) is 0 Å². The summed E-state index contributed by atoms with van der Waals surface area (Å²) in [6.07, 6.45) is 17.7. The third kappa shape index (κ3) is 4.91. The van der Waals surface area contributed by atoms with E-state index in [2.05, 4.69) is 12.2 Å². The van der Waals surface area contributed by atoms with Gasteiger partial charge in [0.2, 0.25) is 0 Å². The summed E-state index contributed by atoms with van der Waals surface area (Å²) >= 11 is 0. The second kappa shape index (κ2) is 8.19. The van der Waals surface area contributed by atoms with Crippen LogP contribution >= 0.6 is 0 Å². The van der Waals surface area contributed by atoms with Crippen LogP contribution in [-0.2, 0) is 0 Å². The van der Waals surface area contributed by atoms with Gasteiger partial charge in [0.05, 0.1) is 0 Å². The maximum absolute atomic E-state index is 3.88. The van der Waals surface area contributed by atoms with Crippen LogP contribution in [0.2, 0.25) is 0 Å². The van der Waals surface area contributed by atoms with Crippen molar-refractivity contribution in [1.29, 1.82) is 0 Å². The molecule has 0 heterocycles. The number of hydrogen-bond acceptors (Lipinski definition) is 1. The molecule has 18 heavy (non-hydrogen) atoms. The number of rotatable bonds is 4. The molecule has 2 fully saturated rings. The van der Waals surface area contributed by atoms with Gasteiger partial charge in [0, 0.05) is 6.04 Å². The maximum Gasteiger partial charge on any atom is 0.00671 e. The molecule has 0 aliphatic heterocycles. The molecule has 0 spiro atoms. The maximum atomic E-state index is 3.88. The van der Waals surface area contributed by atoms with Crippen molar-refractivity contribution < 1.29 is 0 Å². The van der Waals surface area contributed by atoms with Gasteiger partial charge in [-0.2, -0.15) is 0 Å². The molecule has 1 N–H and O–H groups in total. The fourth-order valence-electron chi connectivity index (χ4n) is 3.90. The molecular formula is C17H33N. The molecule has 0 saturated heterocycles. The van der Waals surface area contributed by atoms with Crippen molar-refractivity contribution in [3.63, 3.8) is 0 Å². The predicted molar refractivity (Wildman–Crippen MR) is 79.8 cm³/mol. The lowest BCUT2D eigenvalue weighted by atomic mass is 9.92. The highest BCUT2D eigenvalue weighted by Gasteiger charge is 2.20. The first-order valence-electron chi connectivity index (χ1n) is 8.59. The lowest BCUT2D eigenvalue weighted by Crippen LogP contribution is -2.36. The second-order valence-electron chi connectivity index (χ2n) is 6.81. The van der Waals surface area contributed by atoms with Gasteiger partial charge in [-0.15, -0.1) is 0 Å². The molecule has 0 aromatic rings. The van der Waals surface area contributed by atoms with E-state index >= 15 is 0 Å². The minimum absolute atomic E-state index is 0.756. The van der Waals surface area contributed by atoms with Crippen molar-refractivity contribution >= 4 is 0 Å². The van der Waals surface area contributed by atoms with Crippen LogP contribution in [-0.4, -0.2) is 12.6 Å². The summed E-state index contributed by atoms with van der Waals surface area (Å²) in [4.78, 5) is 0. The molecule has 106 valence electrons. The molecule has 1 atom stereocenters. The van der Waals surface area contributed by atoms with Gasteiger partial charge in [0.15, 0.2) is 0 Å². The van der Waals surface area contributed by atoms with E-state index in [1.54, 1.807) is 0 Å². The molecular weight excluding hydrogens is 218 g/mol. The molecule has 2 aliphatic carbocycles. The quantitative estimate of drug-likeness (QED) is 0.700. The molecule has 0 bridgehead atoms. The van der Waals surface area contributed by atoms with Crippen LogP contribution in [0.15, 0.2) is 0 Å². The van der Waals surface area contributed by atoms with Crippen LogP contribution in [0.4, 0.5) is 0 Å². The van der Waals surface area contributed by atoms with E-state index in [9.17, 15) is 0 Å². The molecule has 0 unspecified atom stereocenters. The van der Waals surface area contributed by atoms with Crippen LogP contribution in [0.25, 0.3) is 0 Å². The zero-order valence-electron chi connectivity index (χ0n) is 12.4. The number of hydrogen-bond donors (Lipinski definition) is 1. The topological polar surface area (TPSA) is 12.0 Å². The first-order valence-corrected chi connectivity index (χ1v) is 8.59. The summed E-state index contributed by atoms with van der Waals surface area (Å²) < 4.78 is 0. The lowest BCUT2D eigenvalue weighted by molar-refractivity contribution is 0.309. The number of nitrogens with one attached hydrogen (secondary N) is 1. The average Bonchev–Trinajstić information content (AvgIpc) is 2.80. The van der Waals surface area contributed by atoms with Crippen LogP contribution < -0.4 is 5.32 Å². The monoisotopic (exact) mass is 251 g/mol. The Kier molecular flexibility index (Phi) is 6.54. The minimum atomic E-state index is 0.756. The van der Waals surface area contributed by atoms with Gasteiger partial charge in [-0.05, 0) is 51.0 Å². The Morgan fingerprint density at radius 2 is 1.28 bits per heavy atom. The first-order chi connectivity index (χ1) is 8.86. The molecule has 0 radical (unpaired) electrons. The third-order valence-corrected chi connectivity index (χ3v) is 5.31. The summed E-state index contributed by atoms with van der Waals surface area (Å²) in [6.45, 7) is 3.73. The molecule has 0 aromatic heterocycles. The Morgan fingerprint density at radius 3 is 1.83 bits per heavy atom. The fourth-order valence-corrected chi connectivity index (χ4v) is 3.90. The standard InChI is InChI=1S/C17H33N/c1-15(17-12-8-4-5-9-13-17)18-14-16-10-6-2-3-7-11-16/h15-18H,2-14H2,1H3/t15-/m1/s1. The molecule has 0 aromatic carbocycles. The summed E-state index contributed by atoms with van der Waals surface area (Å²) in [7, 11) is 0. The Bertz CT molecular complexity index is 198. The van der Waals surface area contributed by atoms with E-state index in [1.807, 2.05) is 0 Å². The van der Waals surface area contributed by atoms with E-state index in [0.29, 0.717) is 0 Å². The molecule has 1 nitrogen and oxygen atoms in total. The van der Waals surface area contributed by atoms with E-state index in [1.165, 1.54) is 83.6 Å². The second-order valence-corrected chi connectivity index (χ2v) is 6.81. The normalized spacial score (nSPS) is 26.5. The highest BCUT2D eigenvalue weighted by Crippen LogP contribution is 2.26. The van der Waals surface area contributed by atoms with Gasteiger partial charge in [0.1, 0.15) is 0 Å². The van der Waals surface area contributed by atoms with E-state index in [4.69, 9.17) is 0 Å². The Balaban J connectivity index is 1.67. The molecule has 0 amide bonds. The third-order valence-electron chi connectivity index (χ3n) is 5.31. The van der Waals surface area contributed by atoms with Crippen molar-refractivity contribution in [1.82, 2.24) is 5.32 Å². The smallest absolute Gasteiger partial charge is 0.00671 e. The zero-order valence-corrected chi connectivity index (χ0v) is 12.4. The van der Waals surface area contributed by atoms with Gasteiger partial charge in [-0.1, -0.05) is 51.4 Å². The van der Waals surface area contributed by atoms with E-state index in [-0.39, 0.29) is 0 Å². The molecule has 1 heteroatoms. The molecule has 2 saturated carbocycles. The van der Waals surface area contributed by atoms with Crippen molar-refractivity contribution in [2.45, 2.75) is 90.0 Å². The Labute approximate surface area is 114 Å². The van der Waals surface area contributed by atoms with Crippen molar-refractivity contribution in [2.24, 2.45) is 11.8 Å². The summed E-state index contributed by atoms with van der Waals surface area (Å²) in [5.74, 6) is 1.93. The SMILES string of the molecule is C[C@@H](NCC1CCCCCC1)C1CCCCCC1. The first kappa shape index (κ1) is 14.4. The van der Waals surface area contributed by atoms with Crippen LogP contribution in [0.3, 0.4) is 0 Å². The Morgan fingerprint density at radius 1 is 0.778 bits per heavy atom. The predicted octanol–water partition coefficient (Wildman–Crippen LogP) is 4.91. The van der Waals surface area contributed by atoms with Crippen molar-refractivity contribution in [3.8, 4) is 0 Å². The zero-order chi connectivity index (χ0) is 12.6. The van der Waals surface area contributed by atoms with E-state index < -0.39 is 0 Å².